The Balaban J connectivity index is 2.13. The van der Waals surface area contributed by atoms with Crippen LogP contribution in [0.5, 0.6) is 0 Å². The summed E-state index contributed by atoms with van der Waals surface area (Å²) in [6, 6.07) is 0. The fourth-order valence-electron chi connectivity index (χ4n) is 1.30. The van der Waals surface area contributed by atoms with Gasteiger partial charge >= 0.3 is 0 Å². The highest BCUT2D eigenvalue weighted by atomic mass is 28.3. The predicted molar refractivity (Wildman–Crippen MR) is 68.4 cm³/mol. The van der Waals surface area contributed by atoms with E-state index in [1.165, 1.54) is 6.42 Å². The lowest BCUT2D eigenvalue weighted by atomic mass is 10.2. The Labute approximate surface area is 95.7 Å². The van der Waals surface area contributed by atoms with Gasteiger partial charge < -0.3 is 4.84 Å². The molecule has 1 aliphatic carbocycles. The molecule has 0 bridgehead atoms. The molecule has 3 heteroatoms. The molecule has 0 aromatic carbocycles. The quantitative estimate of drug-likeness (QED) is 0.444. The third-order valence-electron chi connectivity index (χ3n) is 4.19. The number of hydroxylamine groups is 1. The van der Waals surface area contributed by atoms with Gasteiger partial charge in [0, 0.05) is 6.54 Å². The van der Waals surface area contributed by atoms with Crippen molar-refractivity contribution in [3.63, 3.8) is 0 Å². The van der Waals surface area contributed by atoms with E-state index in [1.54, 1.807) is 0 Å². The van der Waals surface area contributed by atoms with Crippen LogP contribution in [0.3, 0.4) is 0 Å². The Morgan fingerprint density at radius 2 is 1.87 bits per heavy atom. The summed E-state index contributed by atoms with van der Waals surface area (Å²) < 4.78 is 0. The molecule has 2 atom stereocenters. The molecule has 0 radical (unpaired) electrons. The molecule has 0 aromatic heterocycles. The molecule has 1 aliphatic rings. The van der Waals surface area contributed by atoms with Gasteiger partial charge in [0.25, 0.3) is 0 Å². The summed E-state index contributed by atoms with van der Waals surface area (Å²) in [5.74, 6) is 1.78. The molecule has 2 nitrogen and oxygen atoms in total. The first-order chi connectivity index (χ1) is 6.74. The molecule has 0 aliphatic heterocycles. The summed E-state index contributed by atoms with van der Waals surface area (Å²) in [5.41, 5.74) is 3.14. The fourth-order valence-corrected chi connectivity index (χ4v) is 2.19. The SMILES string of the molecule is CC1CC1CNOC[Si](C)(C)C(C)(C)C. The Bertz CT molecular complexity index is 210. The Kier molecular flexibility index (Phi) is 4.01. The number of hydrogen-bond donors (Lipinski definition) is 1. The van der Waals surface area contributed by atoms with Crippen molar-refractivity contribution < 1.29 is 4.84 Å². The molecule has 15 heavy (non-hydrogen) atoms. The van der Waals surface area contributed by atoms with Crippen molar-refractivity contribution in [2.24, 2.45) is 11.8 Å². The zero-order chi connectivity index (χ0) is 11.7. The molecule has 0 spiro atoms. The summed E-state index contributed by atoms with van der Waals surface area (Å²) in [4.78, 5) is 5.64. The number of nitrogens with one attached hydrogen (secondary N) is 1. The van der Waals surface area contributed by atoms with E-state index in [4.69, 9.17) is 4.84 Å². The number of hydrogen-bond acceptors (Lipinski definition) is 2. The van der Waals surface area contributed by atoms with E-state index < -0.39 is 8.07 Å². The van der Waals surface area contributed by atoms with Gasteiger partial charge in [0.2, 0.25) is 0 Å². The van der Waals surface area contributed by atoms with E-state index in [9.17, 15) is 0 Å². The van der Waals surface area contributed by atoms with Crippen LogP contribution in [-0.2, 0) is 4.84 Å². The number of rotatable bonds is 5. The summed E-state index contributed by atoms with van der Waals surface area (Å²) >= 11 is 0. The van der Waals surface area contributed by atoms with Crippen LogP contribution in [0.2, 0.25) is 18.1 Å². The minimum atomic E-state index is -1.26. The highest BCUT2D eigenvalue weighted by molar-refractivity contribution is 6.80. The van der Waals surface area contributed by atoms with E-state index in [1.807, 2.05) is 0 Å². The monoisotopic (exact) mass is 229 g/mol. The van der Waals surface area contributed by atoms with E-state index in [0.29, 0.717) is 5.04 Å². The highest BCUT2D eigenvalue weighted by Crippen LogP contribution is 2.37. The molecule has 0 saturated heterocycles. The normalized spacial score (nSPS) is 26.8. The van der Waals surface area contributed by atoms with Crippen molar-refractivity contribution in [3.05, 3.63) is 0 Å². The van der Waals surface area contributed by atoms with Crippen LogP contribution >= 0.6 is 0 Å². The maximum absolute atomic E-state index is 5.64. The predicted octanol–water partition coefficient (Wildman–Crippen LogP) is 3.21. The Morgan fingerprint density at radius 1 is 1.33 bits per heavy atom. The summed E-state index contributed by atoms with van der Waals surface area (Å²) in [7, 11) is -1.26. The average molecular weight is 229 g/mol. The summed E-state index contributed by atoms with van der Waals surface area (Å²) in [5, 5.41) is 0.418. The zero-order valence-corrected chi connectivity index (χ0v) is 12.2. The molecule has 0 amide bonds. The maximum atomic E-state index is 5.64. The van der Waals surface area contributed by atoms with Crippen molar-refractivity contribution >= 4 is 8.07 Å². The third kappa shape index (κ3) is 3.89. The summed E-state index contributed by atoms with van der Waals surface area (Å²) in [6.45, 7) is 15.1. The molecule has 1 N–H and O–H groups in total. The molecule has 0 aromatic rings. The van der Waals surface area contributed by atoms with E-state index >= 15 is 0 Å². The molecule has 1 saturated carbocycles. The smallest absolute Gasteiger partial charge is 0.0855 e. The van der Waals surface area contributed by atoms with Crippen LogP contribution in [0.15, 0.2) is 0 Å². The van der Waals surface area contributed by atoms with Crippen molar-refractivity contribution in [2.45, 2.75) is 52.2 Å². The zero-order valence-electron chi connectivity index (χ0n) is 11.2. The van der Waals surface area contributed by atoms with Gasteiger partial charge in [-0.25, -0.2) is 5.48 Å². The van der Waals surface area contributed by atoms with Crippen LogP contribution in [-0.4, -0.2) is 20.8 Å². The van der Waals surface area contributed by atoms with Crippen molar-refractivity contribution in [1.82, 2.24) is 5.48 Å². The largest absolute Gasteiger partial charge is 0.305 e. The van der Waals surface area contributed by atoms with Gasteiger partial charge in [0.15, 0.2) is 0 Å². The molecule has 1 rings (SSSR count). The second kappa shape index (κ2) is 4.56. The standard InChI is InChI=1S/C12H27NOSi/c1-10-7-11(10)8-13-14-9-15(5,6)12(2,3)4/h10-11,13H,7-9H2,1-6H3. The molecule has 2 unspecified atom stereocenters. The van der Waals surface area contributed by atoms with Gasteiger partial charge in [-0.2, -0.15) is 0 Å². The molecule has 90 valence electrons. The molecular weight excluding hydrogens is 202 g/mol. The van der Waals surface area contributed by atoms with Crippen molar-refractivity contribution in [1.29, 1.82) is 0 Å². The summed E-state index contributed by atoms with van der Waals surface area (Å²) in [6.07, 6.45) is 2.29. The van der Waals surface area contributed by atoms with Gasteiger partial charge in [-0.1, -0.05) is 40.8 Å². The van der Waals surface area contributed by atoms with Crippen LogP contribution in [0.1, 0.15) is 34.1 Å². The van der Waals surface area contributed by atoms with E-state index in [-0.39, 0.29) is 0 Å². The van der Waals surface area contributed by atoms with Crippen LogP contribution in [0, 0.1) is 11.8 Å². The van der Waals surface area contributed by atoms with Gasteiger partial charge in [0.1, 0.15) is 0 Å². The second-order valence-corrected chi connectivity index (χ2v) is 12.3. The Morgan fingerprint density at radius 3 is 2.27 bits per heavy atom. The first-order valence-electron chi connectivity index (χ1n) is 6.09. The third-order valence-corrected chi connectivity index (χ3v) is 9.11. The van der Waals surface area contributed by atoms with Crippen LogP contribution in [0.4, 0.5) is 0 Å². The van der Waals surface area contributed by atoms with Crippen LogP contribution in [0.25, 0.3) is 0 Å². The van der Waals surface area contributed by atoms with Gasteiger partial charge in [-0.15, -0.1) is 0 Å². The van der Waals surface area contributed by atoms with Gasteiger partial charge in [0.05, 0.1) is 14.3 Å². The fraction of sp³-hybridized carbons (Fsp3) is 1.00. The van der Waals surface area contributed by atoms with Crippen molar-refractivity contribution in [2.75, 3.05) is 12.8 Å². The lowest BCUT2D eigenvalue weighted by Crippen LogP contribution is -2.44. The highest BCUT2D eigenvalue weighted by Gasteiger charge is 2.36. The maximum Gasteiger partial charge on any atom is 0.0855 e. The average Bonchev–Trinajstić information content (AvgIpc) is 2.74. The Hall–Kier alpha value is 0.137. The lowest BCUT2D eigenvalue weighted by molar-refractivity contribution is 0.0656. The van der Waals surface area contributed by atoms with Crippen LogP contribution < -0.4 is 5.48 Å². The topological polar surface area (TPSA) is 21.3 Å². The van der Waals surface area contributed by atoms with Crippen molar-refractivity contribution in [3.8, 4) is 0 Å². The van der Waals surface area contributed by atoms with E-state index in [2.05, 4.69) is 46.3 Å². The molecule has 1 fully saturated rings. The molecular formula is C12H27NOSi. The second-order valence-electron chi connectivity index (χ2n) is 6.74. The minimum absolute atomic E-state index is 0.418. The van der Waals surface area contributed by atoms with Gasteiger partial charge in [-0.05, 0) is 23.3 Å². The first-order valence-corrected chi connectivity index (χ1v) is 9.29. The van der Waals surface area contributed by atoms with E-state index in [0.717, 1.165) is 24.6 Å². The molecule has 0 heterocycles. The first kappa shape index (κ1) is 13.2. The lowest BCUT2D eigenvalue weighted by Gasteiger charge is -2.36. The minimum Gasteiger partial charge on any atom is -0.305 e. The van der Waals surface area contributed by atoms with Gasteiger partial charge in [-0.3, -0.25) is 0 Å².